The lowest BCUT2D eigenvalue weighted by Crippen LogP contribution is -2.15. The average molecular weight is 195 g/mol. The molecule has 75 valence electrons. The van der Waals surface area contributed by atoms with Gasteiger partial charge in [0.1, 0.15) is 9.52 Å². The first-order valence-corrected chi connectivity index (χ1v) is 7.19. The van der Waals surface area contributed by atoms with Gasteiger partial charge in [0, 0.05) is 0 Å². The fourth-order valence-electron chi connectivity index (χ4n) is 2.03. The van der Waals surface area contributed by atoms with E-state index in [-0.39, 0.29) is 9.52 Å². The fraction of sp³-hybridized carbons (Fsp3) is 0.833. The molecule has 0 heterocycles. The van der Waals surface area contributed by atoms with E-state index in [1.807, 2.05) is 0 Å². The van der Waals surface area contributed by atoms with Gasteiger partial charge in [-0.15, -0.1) is 5.54 Å². The zero-order valence-corrected chi connectivity index (χ0v) is 11.0. The molecular formula is C12H23Si. The summed E-state index contributed by atoms with van der Waals surface area (Å²) < 4.78 is 0. The van der Waals surface area contributed by atoms with Crippen molar-refractivity contribution < 1.29 is 0 Å². The van der Waals surface area contributed by atoms with Crippen LogP contribution in [0.1, 0.15) is 40.5 Å². The first kappa shape index (κ1) is 12.8. The van der Waals surface area contributed by atoms with Gasteiger partial charge in [-0.05, 0) is 24.2 Å². The van der Waals surface area contributed by atoms with Gasteiger partial charge in [0.2, 0.25) is 0 Å². The third kappa shape index (κ3) is 5.93. The lowest BCUT2D eigenvalue weighted by molar-refractivity contribution is 0.267. The van der Waals surface area contributed by atoms with Crippen molar-refractivity contribution in [1.29, 1.82) is 0 Å². The van der Waals surface area contributed by atoms with Crippen molar-refractivity contribution in [3.05, 3.63) is 6.42 Å². The summed E-state index contributed by atoms with van der Waals surface area (Å²) in [7, 11) is -0.254. The maximum atomic E-state index is 6.87. The van der Waals surface area contributed by atoms with E-state index < -0.39 is 0 Å². The van der Waals surface area contributed by atoms with Gasteiger partial charge in [-0.3, -0.25) is 0 Å². The predicted octanol–water partition coefficient (Wildman–Crippen LogP) is 2.83. The van der Waals surface area contributed by atoms with E-state index in [2.05, 4.69) is 33.2 Å². The summed E-state index contributed by atoms with van der Waals surface area (Å²) in [6.45, 7) is 9.30. The Balaban J connectivity index is 3.65. The third-order valence-electron chi connectivity index (χ3n) is 2.80. The molecule has 0 fully saturated rings. The van der Waals surface area contributed by atoms with Crippen LogP contribution in [-0.2, 0) is 0 Å². The van der Waals surface area contributed by atoms with Crippen LogP contribution in [0.5, 0.6) is 0 Å². The van der Waals surface area contributed by atoms with E-state index in [4.69, 9.17) is 6.42 Å². The van der Waals surface area contributed by atoms with E-state index in [1.54, 1.807) is 0 Å². The largest absolute Gasteiger partial charge is 0.126 e. The van der Waals surface area contributed by atoms with Crippen LogP contribution in [-0.4, -0.2) is 9.52 Å². The molecule has 0 rings (SSSR count). The minimum Gasteiger partial charge on any atom is -0.126 e. The minimum atomic E-state index is -0.254. The van der Waals surface area contributed by atoms with Crippen LogP contribution in [0.25, 0.3) is 0 Å². The first-order valence-electron chi connectivity index (χ1n) is 5.49. The number of rotatable bonds is 6. The lowest BCUT2D eigenvalue weighted by atomic mass is 9.82. The maximum absolute atomic E-state index is 6.87. The summed E-state index contributed by atoms with van der Waals surface area (Å²) in [5.41, 5.74) is 2.59. The first-order chi connectivity index (χ1) is 6.09. The molecule has 0 atom stereocenters. The van der Waals surface area contributed by atoms with Crippen molar-refractivity contribution in [2.45, 2.75) is 46.6 Å². The quantitative estimate of drug-likeness (QED) is 0.347. The summed E-state index contributed by atoms with van der Waals surface area (Å²) in [5, 5.41) is 0. The molecule has 0 N–H and O–H groups in total. The summed E-state index contributed by atoms with van der Waals surface area (Å²) in [6.07, 6.45) is 9.54. The molecule has 0 aliphatic carbocycles. The van der Waals surface area contributed by atoms with Gasteiger partial charge in [0.15, 0.2) is 0 Å². The van der Waals surface area contributed by atoms with Crippen LogP contribution in [0.3, 0.4) is 0 Å². The SMILES string of the molecule is [C]#C[SiH2]CCCC(C(C)C)C(C)C. The van der Waals surface area contributed by atoms with E-state index in [9.17, 15) is 0 Å². The lowest BCUT2D eigenvalue weighted by Gasteiger charge is -2.24. The summed E-state index contributed by atoms with van der Waals surface area (Å²) in [5.74, 6) is 2.50. The second-order valence-corrected chi connectivity index (χ2v) is 6.14. The maximum Gasteiger partial charge on any atom is 0.108 e. The van der Waals surface area contributed by atoms with Crippen LogP contribution >= 0.6 is 0 Å². The zero-order valence-electron chi connectivity index (χ0n) is 9.56. The van der Waals surface area contributed by atoms with E-state index >= 15 is 0 Å². The Labute approximate surface area is 86.3 Å². The minimum absolute atomic E-state index is 0.254. The van der Waals surface area contributed by atoms with Gasteiger partial charge in [-0.1, -0.05) is 46.6 Å². The molecular weight excluding hydrogens is 172 g/mol. The van der Waals surface area contributed by atoms with Crippen molar-refractivity contribution in [1.82, 2.24) is 0 Å². The van der Waals surface area contributed by atoms with Gasteiger partial charge in [0.25, 0.3) is 0 Å². The molecule has 0 nitrogen and oxygen atoms in total. The Hall–Kier alpha value is -0.223. The second kappa shape index (κ2) is 7.21. The molecule has 0 bridgehead atoms. The Kier molecular flexibility index (Phi) is 7.08. The molecule has 0 amide bonds. The van der Waals surface area contributed by atoms with Gasteiger partial charge in [0.05, 0.1) is 0 Å². The monoisotopic (exact) mass is 195 g/mol. The second-order valence-electron chi connectivity index (χ2n) is 4.57. The van der Waals surface area contributed by atoms with Crippen molar-refractivity contribution in [2.75, 3.05) is 0 Å². The molecule has 1 radical (unpaired) electrons. The van der Waals surface area contributed by atoms with Gasteiger partial charge in [-0.2, -0.15) is 0 Å². The van der Waals surface area contributed by atoms with Crippen molar-refractivity contribution in [3.63, 3.8) is 0 Å². The topological polar surface area (TPSA) is 0 Å². The smallest absolute Gasteiger partial charge is 0.108 e. The molecule has 0 aromatic carbocycles. The summed E-state index contributed by atoms with van der Waals surface area (Å²) >= 11 is 0. The summed E-state index contributed by atoms with van der Waals surface area (Å²) in [6, 6.07) is 1.28. The van der Waals surface area contributed by atoms with Gasteiger partial charge >= 0.3 is 0 Å². The molecule has 13 heavy (non-hydrogen) atoms. The molecule has 0 aromatic heterocycles. The highest BCUT2D eigenvalue weighted by Crippen LogP contribution is 2.25. The van der Waals surface area contributed by atoms with Crippen molar-refractivity contribution in [2.24, 2.45) is 17.8 Å². The zero-order chi connectivity index (χ0) is 10.3. The average Bonchev–Trinajstić information content (AvgIpc) is 2.02. The van der Waals surface area contributed by atoms with Crippen LogP contribution in [0, 0.1) is 29.7 Å². The van der Waals surface area contributed by atoms with Crippen LogP contribution in [0.15, 0.2) is 0 Å². The van der Waals surface area contributed by atoms with E-state index in [0.717, 1.165) is 17.8 Å². The molecule has 0 spiro atoms. The summed E-state index contributed by atoms with van der Waals surface area (Å²) in [4.78, 5) is 0. The van der Waals surface area contributed by atoms with E-state index in [0.29, 0.717) is 0 Å². The Bertz CT molecular complexity index is 145. The Morgan fingerprint density at radius 2 is 1.69 bits per heavy atom. The molecule has 0 unspecified atom stereocenters. The fourth-order valence-corrected chi connectivity index (χ4v) is 2.75. The normalized spacial score (nSPS) is 12.2. The van der Waals surface area contributed by atoms with E-state index in [1.165, 1.54) is 18.9 Å². The third-order valence-corrected chi connectivity index (χ3v) is 3.91. The van der Waals surface area contributed by atoms with Crippen molar-refractivity contribution in [3.8, 4) is 5.54 Å². The number of hydrogen-bond acceptors (Lipinski definition) is 0. The van der Waals surface area contributed by atoms with Crippen LogP contribution in [0.4, 0.5) is 0 Å². The van der Waals surface area contributed by atoms with Crippen molar-refractivity contribution >= 4 is 9.52 Å². The Morgan fingerprint density at radius 1 is 1.15 bits per heavy atom. The Morgan fingerprint density at radius 3 is 2.08 bits per heavy atom. The highest BCUT2D eigenvalue weighted by Gasteiger charge is 2.16. The molecule has 1 heteroatoms. The molecule has 0 aliphatic heterocycles. The molecule has 0 saturated heterocycles. The molecule has 0 saturated carbocycles. The van der Waals surface area contributed by atoms with Crippen LogP contribution in [0.2, 0.25) is 6.04 Å². The molecule has 0 aliphatic rings. The van der Waals surface area contributed by atoms with Crippen LogP contribution < -0.4 is 0 Å². The highest BCUT2D eigenvalue weighted by molar-refractivity contribution is 6.45. The number of hydrogen-bond donors (Lipinski definition) is 0. The predicted molar refractivity (Wildman–Crippen MR) is 62.9 cm³/mol. The van der Waals surface area contributed by atoms with Gasteiger partial charge < -0.3 is 0 Å². The molecule has 0 aromatic rings. The highest BCUT2D eigenvalue weighted by atomic mass is 28.2. The van der Waals surface area contributed by atoms with Gasteiger partial charge in [-0.25, -0.2) is 0 Å². The standard InChI is InChI=1S/C12H23Si/c1-6-13-9-7-8-12(10(2)3)11(4)5/h10-12H,7-9,13H2,2-5H3.